The Morgan fingerprint density at radius 2 is 0.962 bits per heavy atom. The van der Waals surface area contributed by atoms with E-state index in [0.717, 1.165) is 11.1 Å². The summed E-state index contributed by atoms with van der Waals surface area (Å²) in [5, 5.41) is -0.0780. The fraction of sp³-hybridized carbons (Fsp3) is 0.850. The zero-order valence-corrected chi connectivity index (χ0v) is 37.4. The van der Waals surface area contributed by atoms with Gasteiger partial charge in [0, 0.05) is 25.0 Å². The summed E-state index contributed by atoms with van der Waals surface area (Å²) in [7, 11) is -2.00. The quantitative estimate of drug-likeness (QED) is 0.0443. The van der Waals surface area contributed by atoms with Crippen molar-refractivity contribution in [3.05, 3.63) is 22.3 Å². The fourth-order valence-electron chi connectivity index (χ4n) is 8.00. The largest absolute Gasteiger partial charge is 0.466 e. The van der Waals surface area contributed by atoms with E-state index in [9.17, 15) is 9.59 Å². The third-order valence-corrected chi connectivity index (χ3v) is 22.7. The van der Waals surface area contributed by atoms with E-state index in [1.165, 1.54) is 14.2 Å². The number of carbonyl (C=O) groups is 2. The Morgan fingerprint density at radius 3 is 1.23 bits per heavy atom. The predicted molar refractivity (Wildman–Crippen MR) is 209 cm³/mol. The zero-order valence-electron chi connectivity index (χ0n) is 35.4. The lowest BCUT2D eigenvalue weighted by Gasteiger charge is -2.52. The minimum absolute atomic E-state index is 0.0390. The minimum Gasteiger partial charge on any atom is -0.466 e. The number of hydrogen-bond donors (Lipinski definition) is 0. The Morgan fingerprint density at radius 1 is 0.635 bits per heavy atom. The fourth-order valence-corrected chi connectivity index (χ4v) is 13.4. The highest BCUT2D eigenvalue weighted by molar-refractivity contribution is 6.74. The summed E-state index contributed by atoms with van der Waals surface area (Å²) in [6.07, 6.45) is 0.621. The van der Waals surface area contributed by atoms with Crippen molar-refractivity contribution in [3.63, 3.8) is 0 Å². The summed E-state index contributed by atoms with van der Waals surface area (Å²) in [6, 6.07) is 0. The first-order valence-corrected chi connectivity index (χ1v) is 25.4. The molecule has 2 fully saturated rings. The molecule has 0 aromatic heterocycles. The van der Waals surface area contributed by atoms with Crippen molar-refractivity contribution in [1.82, 2.24) is 0 Å². The van der Waals surface area contributed by atoms with Crippen LogP contribution in [0.1, 0.15) is 94.9 Å². The van der Waals surface area contributed by atoms with Crippen LogP contribution in [-0.2, 0) is 46.9 Å². The highest BCUT2D eigenvalue weighted by Crippen LogP contribution is 2.55. The molecule has 0 radical (unpaired) electrons. The van der Waals surface area contributed by atoms with Gasteiger partial charge in [-0.1, -0.05) is 55.4 Å². The summed E-state index contributed by atoms with van der Waals surface area (Å²) in [5.41, 5.74) is 2.52. The number of hydrogen-bond acceptors (Lipinski definition) is 10. The van der Waals surface area contributed by atoms with E-state index in [4.69, 9.17) is 37.3 Å². The predicted octanol–water partition coefficient (Wildman–Crippen LogP) is 8.57. The summed E-state index contributed by atoms with van der Waals surface area (Å²) in [5.74, 6) is -1.20. The van der Waals surface area contributed by atoms with Gasteiger partial charge in [0.05, 0.1) is 37.6 Å². The van der Waals surface area contributed by atoms with E-state index in [-0.39, 0.29) is 35.9 Å². The van der Waals surface area contributed by atoms with Crippen molar-refractivity contribution in [1.29, 1.82) is 0 Å². The molecule has 10 nitrogen and oxygen atoms in total. The molecule has 6 atom stereocenters. The number of carbonyl (C=O) groups excluding carboxylic acids is 2. The van der Waals surface area contributed by atoms with Gasteiger partial charge in [-0.15, -0.1) is 0 Å². The average molecular weight is 769 g/mol. The van der Waals surface area contributed by atoms with E-state index in [0.29, 0.717) is 61.9 Å². The van der Waals surface area contributed by atoms with E-state index in [2.05, 4.69) is 81.6 Å². The summed E-state index contributed by atoms with van der Waals surface area (Å²) < 4.78 is 50.6. The first kappa shape index (κ1) is 45.0. The molecule has 3 aliphatic carbocycles. The first-order valence-electron chi connectivity index (χ1n) is 19.5. The number of ether oxygens (including phenoxy) is 6. The first-order chi connectivity index (χ1) is 24.2. The van der Waals surface area contributed by atoms with Gasteiger partial charge in [-0.25, -0.2) is 9.59 Å². The zero-order chi connectivity index (χ0) is 39.4. The van der Waals surface area contributed by atoms with Crippen LogP contribution in [-0.4, -0.2) is 94.0 Å². The Labute approximate surface area is 317 Å². The second-order valence-corrected chi connectivity index (χ2v) is 26.6. The molecule has 0 spiro atoms. The normalized spacial score (nSPS) is 26.1. The van der Waals surface area contributed by atoms with Crippen molar-refractivity contribution < 1.29 is 46.9 Å². The molecular formula is C40H72O10Si2. The molecule has 3 aliphatic rings. The van der Waals surface area contributed by atoms with E-state index in [1.54, 1.807) is 0 Å². The van der Waals surface area contributed by atoms with Gasteiger partial charge in [0.1, 0.15) is 25.8 Å². The molecular weight excluding hydrogens is 697 g/mol. The Hall–Kier alpha value is -1.39. The van der Waals surface area contributed by atoms with Crippen LogP contribution < -0.4 is 0 Å². The lowest BCUT2D eigenvalue weighted by Crippen LogP contribution is -2.56. The lowest BCUT2D eigenvalue weighted by atomic mass is 9.61. The molecule has 0 N–H and O–H groups in total. The molecule has 2 saturated carbocycles. The molecule has 0 saturated heterocycles. The van der Waals surface area contributed by atoms with Crippen LogP contribution in [0.5, 0.6) is 0 Å². The van der Waals surface area contributed by atoms with Gasteiger partial charge in [-0.3, -0.25) is 0 Å². The standard InChI is InChI=1S/C40H72O10Si2/c1-17-45-23-47-35-29(49-51(13,14)39(7,8)25(3)4)21-19-27-31(35)32-28(34(38(42)44-12)33(27)37(41)43-11)20-22-30(36(32)48-24-46-18-2)50-52(15,16)40(9,10)26(5)6/h25-30,35-36H,17-24H2,1-16H3/t27-,28+,29-,30-,35-,36-/m0/s1. The van der Waals surface area contributed by atoms with Crippen molar-refractivity contribution in [2.75, 3.05) is 41.0 Å². The Bertz CT molecular complexity index is 1200. The van der Waals surface area contributed by atoms with Crippen molar-refractivity contribution in [2.24, 2.45) is 23.7 Å². The molecule has 0 aliphatic heterocycles. The van der Waals surface area contributed by atoms with Gasteiger partial charge in [-0.2, -0.15) is 0 Å². The third kappa shape index (κ3) is 9.01. The number of fused-ring (bicyclic) bond motifs is 2. The van der Waals surface area contributed by atoms with E-state index in [1.807, 2.05) is 13.8 Å². The molecule has 0 amide bonds. The van der Waals surface area contributed by atoms with Crippen molar-refractivity contribution in [2.45, 2.75) is 156 Å². The molecule has 52 heavy (non-hydrogen) atoms. The van der Waals surface area contributed by atoms with Gasteiger partial charge >= 0.3 is 11.9 Å². The van der Waals surface area contributed by atoms with E-state index >= 15 is 0 Å². The minimum atomic E-state index is -2.37. The van der Waals surface area contributed by atoms with Crippen LogP contribution in [0.4, 0.5) is 0 Å². The van der Waals surface area contributed by atoms with Gasteiger partial charge in [-0.05, 0) is 98.8 Å². The van der Waals surface area contributed by atoms with Gasteiger partial charge in [0.2, 0.25) is 0 Å². The third-order valence-electron chi connectivity index (χ3n) is 13.6. The Kier molecular flexibility index (Phi) is 15.6. The van der Waals surface area contributed by atoms with Gasteiger partial charge < -0.3 is 37.3 Å². The topological polar surface area (TPSA) is 108 Å². The molecule has 0 aromatic rings. The molecule has 300 valence electrons. The molecule has 0 bridgehead atoms. The molecule has 0 aromatic carbocycles. The number of methoxy groups -OCH3 is 2. The molecule has 0 heterocycles. The monoisotopic (exact) mass is 768 g/mol. The van der Waals surface area contributed by atoms with Crippen LogP contribution in [0.2, 0.25) is 36.3 Å². The Balaban J connectivity index is 2.38. The van der Waals surface area contributed by atoms with Crippen LogP contribution in [0, 0.1) is 23.7 Å². The molecule has 0 unspecified atom stereocenters. The SMILES string of the molecule is CCOCO[C@@H]1C2=C3[C@@H](CC[C@H](O[Si](C)(C)C(C)(C)C(C)C)[C@@H]3OCOCC)C(C(=O)OC)=C(C(=O)OC)[C@H]2CC[C@@H]1O[Si](C)(C)C(C)(C)C(C)C. The molecule has 3 rings (SSSR count). The second-order valence-electron chi connectivity index (χ2n) is 17.5. The van der Waals surface area contributed by atoms with E-state index < -0.39 is 52.6 Å². The van der Waals surface area contributed by atoms with Crippen LogP contribution in [0.15, 0.2) is 22.3 Å². The summed E-state index contributed by atoms with van der Waals surface area (Å²) in [4.78, 5) is 27.7. The van der Waals surface area contributed by atoms with Crippen LogP contribution >= 0.6 is 0 Å². The maximum Gasteiger partial charge on any atom is 0.334 e. The second kappa shape index (κ2) is 18.0. The van der Waals surface area contributed by atoms with Crippen molar-refractivity contribution in [3.8, 4) is 0 Å². The van der Waals surface area contributed by atoms with Gasteiger partial charge in [0.15, 0.2) is 16.6 Å². The smallest absolute Gasteiger partial charge is 0.334 e. The summed E-state index contributed by atoms with van der Waals surface area (Å²) >= 11 is 0. The highest BCUT2D eigenvalue weighted by atomic mass is 28.4. The van der Waals surface area contributed by atoms with Crippen LogP contribution in [0.25, 0.3) is 0 Å². The summed E-state index contributed by atoms with van der Waals surface area (Å²) in [6.45, 7) is 32.3. The lowest BCUT2D eigenvalue weighted by molar-refractivity contribution is -0.143. The van der Waals surface area contributed by atoms with Crippen molar-refractivity contribution >= 4 is 28.6 Å². The maximum absolute atomic E-state index is 13.9. The molecule has 12 heteroatoms. The van der Waals surface area contributed by atoms with Gasteiger partial charge in [0.25, 0.3) is 0 Å². The maximum atomic E-state index is 13.9. The van der Waals surface area contributed by atoms with Crippen LogP contribution in [0.3, 0.4) is 0 Å². The number of esters is 2. The average Bonchev–Trinajstić information content (AvgIpc) is 3.07. The highest BCUT2D eigenvalue weighted by Gasteiger charge is 2.56. The number of rotatable bonds is 18.